The van der Waals surface area contributed by atoms with Crippen molar-refractivity contribution in [2.75, 3.05) is 6.79 Å². The van der Waals surface area contributed by atoms with E-state index in [4.69, 9.17) is 13.9 Å². The highest BCUT2D eigenvalue weighted by molar-refractivity contribution is 5.53. The van der Waals surface area contributed by atoms with E-state index in [-0.39, 0.29) is 18.5 Å². The van der Waals surface area contributed by atoms with Crippen LogP contribution in [0.1, 0.15) is 11.5 Å². The molecule has 122 valence electrons. The van der Waals surface area contributed by atoms with Crippen LogP contribution in [0.4, 0.5) is 4.39 Å². The van der Waals surface area contributed by atoms with Gasteiger partial charge in [0.05, 0.1) is 12.1 Å². The molecule has 1 aliphatic heterocycles. The van der Waals surface area contributed by atoms with Gasteiger partial charge in [-0.15, -0.1) is 10.2 Å². The van der Waals surface area contributed by atoms with Crippen LogP contribution in [0.25, 0.3) is 11.5 Å². The van der Waals surface area contributed by atoms with E-state index < -0.39 is 0 Å². The molecule has 0 saturated carbocycles. The van der Waals surface area contributed by atoms with Crippen LogP contribution in [0, 0.1) is 5.82 Å². The monoisotopic (exact) mass is 327 g/mol. The van der Waals surface area contributed by atoms with Crippen LogP contribution < -0.4 is 14.8 Å². The number of nitrogens with zero attached hydrogens (tertiary/aromatic N) is 2. The lowest BCUT2D eigenvalue weighted by Gasteiger charge is -2.03. The van der Waals surface area contributed by atoms with Gasteiger partial charge in [-0.25, -0.2) is 4.39 Å². The molecule has 3 aromatic rings. The summed E-state index contributed by atoms with van der Waals surface area (Å²) in [6.45, 7) is 1.25. The molecule has 0 amide bonds. The molecule has 2 heterocycles. The van der Waals surface area contributed by atoms with Crippen molar-refractivity contribution in [3.63, 3.8) is 0 Å². The SMILES string of the molecule is Fc1ccccc1-c1nnc(CNCc2ccc3c(c2)OCO3)o1. The molecule has 4 rings (SSSR count). The molecule has 2 aromatic carbocycles. The molecule has 0 unspecified atom stereocenters. The van der Waals surface area contributed by atoms with Crippen molar-refractivity contribution in [2.45, 2.75) is 13.1 Å². The Morgan fingerprint density at radius 3 is 2.79 bits per heavy atom. The fraction of sp³-hybridized carbons (Fsp3) is 0.176. The van der Waals surface area contributed by atoms with E-state index in [0.717, 1.165) is 17.1 Å². The van der Waals surface area contributed by atoms with Crippen molar-refractivity contribution < 1.29 is 18.3 Å². The van der Waals surface area contributed by atoms with E-state index in [1.54, 1.807) is 18.2 Å². The van der Waals surface area contributed by atoms with Gasteiger partial charge >= 0.3 is 0 Å². The normalized spacial score (nSPS) is 12.5. The molecule has 0 atom stereocenters. The van der Waals surface area contributed by atoms with E-state index >= 15 is 0 Å². The fourth-order valence-electron chi connectivity index (χ4n) is 2.43. The first-order chi connectivity index (χ1) is 11.8. The van der Waals surface area contributed by atoms with Crippen LogP contribution in [0.15, 0.2) is 46.9 Å². The van der Waals surface area contributed by atoms with Crippen molar-refractivity contribution in [2.24, 2.45) is 0 Å². The predicted octanol–water partition coefficient (Wildman–Crippen LogP) is 2.89. The average Bonchev–Trinajstić information content (AvgIpc) is 3.24. The fourth-order valence-corrected chi connectivity index (χ4v) is 2.43. The Balaban J connectivity index is 1.38. The lowest BCUT2D eigenvalue weighted by atomic mass is 10.2. The Labute approximate surface area is 137 Å². The molecule has 1 N–H and O–H groups in total. The van der Waals surface area contributed by atoms with Crippen molar-refractivity contribution >= 4 is 0 Å². The number of fused-ring (bicyclic) bond motifs is 1. The molecule has 0 radical (unpaired) electrons. The number of hydrogen-bond donors (Lipinski definition) is 1. The van der Waals surface area contributed by atoms with Crippen LogP contribution >= 0.6 is 0 Å². The van der Waals surface area contributed by atoms with Crippen molar-refractivity contribution in [1.82, 2.24) is 15.5 Å². The summed E-state index contributed by atoms with van der Waals surface area (Å²) in [7, 11) is 0. The van der Waals surface area contributed by atoms with E-state index in [1.165, 1.54) is 6.07 Å². The number of ether oxygens (including phenoxy) is 2. The molecule has 7 heteroatoms. The molecular weight excluding hydrogens is 313 g/mol. The zero-order valence-corrected chi connectivity index (χ0v) is 12.7. The molecule has 0 bridgehead atoms. The smallest absolute Gasteiger partial charge is 0.250 e. The van der Waals surface area contributed by atoms with Gasteiger partial charge in [-0.2, -0.15) is 0 Å². The average molecular weight is 327 g/mol. The van der Waals surface area contributed by atoms with Gasteiger partial charge in [0, 0.05) is 6.54 Å². The van der Waals surface area contributed by atoms with Crippen molar-refractivity contribution in [3.8, 4) is 23.0 Å². The summed E-state index contributed by atoms with van der Waals surface area (Å²) in [4.78, 5) is 0. The Morgan fingerprint density at radius 1 is 1.00 bits per heavy atom. The zero-order valence-electron chi connectivity index (χ0n) is 12.7. The second-order valence-corrected chi connectivity index (χ2v) is 5.27. The van der Waals surface area contributed by atoms with Gasteiger partial charge in [-0.1, -0.05) is 18.2 Å². The van der Waals surface area contributed by atoms with Gasteiger partial charge in [-0.05, 0) is 29.8 Å². The summed E-state index contributed by atoms with van der Waals surface area (Å²) < 4.78 is 29.8. The highest BCUT2D eigenvalue weighted by Crippen LogP contribution is 2.32. The third-order valence-electron chi connectivity index (χ3n) is 3.61. The first-order valence-corrected chi connectivity index (χ1v) is 7.46. The maximum absolute atomic E-state index is 13.7. The van der Waals surface area contributed by atoms with E-state index in [9.17, 15) is 4.39 Å². The topological polar surface area (TPSA) is 69.4 Å². The number of hydrogen-bond acceptors (Lipinski definition) is 6. The van der Waals surface area contributed by atoms with Crippen LogP contribution in [0.2, 0.25) is 0 Å². The first kappa shape index (κ1) is 14.6. The summed E-state index contributed by atoms with van der Waals surface area (Å²) in [6, 6.07) is 12.1. The minimum Gasteiger partial charge on any atom is -0.454 e. The number of benzene rings is 2. The van der Waals surface area contributed by atoms with Gasteiger partial charge in [0.1, 0.15) is 5.82 Å². The molecule has 1 aromatic heterocycles. The number of halogens is 1. The maximum Gasteiger partial charge on any atom is 0.250 e. The predicted molar refractivity (Wildman–Crippen MR) is 82.8 cm³/mol. The minimum atomic E-state index is -0.388. The van der Waals surface area contributed by atoms with E-state index in [0.29, 0.717) is 24.5 Å². The lowest BCUT2D eigenvalue weighted by molar-refractivity contribution is 0.174. The minimum absolute atomic E-state index is 0.174. The molecular formula is C17H14FN3O3. The van der Waals surface area contributed by atoms with Crippen LogP contribution in [0.5, 0.6) is 11.5 Å². The summed E-state index contributed by atoms with van der Waals surface area (Å²) in [5.41, 5.74) is 1.35. The molecule has 1 aliphatic rings. The van der Waals surface area contributed by atoms with E-state index in [2.05, 4.69) is 15.5 Å². The maximum atomic E-state index is 13.7. The Hall–Kier alpha value is -2.93. The third-order valence-corrected chi connectivity index (χ3v) is 3.61. The van der Waals surface area contributed by atoms with Gasteiger partial charge in [0.15, 0.2) is 11.5 Å². The van der Waals surface area contributed by atoms with Crippen LogP contribution in [0.3, 0.4) is 0 Å². The summed E-state index contributed by atoms with van der Waals surface area (Å²) in [6.07, 6.45) is 0. The van der Waals surface area contributed by atoms with Gasteiger partial charge < -0.3 is 19.2 Å². The van der Waals surface area contributed by atoms with Crippen molar-refractivity contribution in [1.29, 1.82) is 0 Å². The molecule has 6 nitrogen and oxygen atoms in total. The second-order valence-electron chi connectivity index (χ2n) is 5.27. The Morgan fingerprint density at radius 2 is 1.88 bits per heavy atom. The van der Waals surface area contributed by atoms with Crippen LogP contribution in [-0.2, 0) is 13.1 Å². The van der Waals surface area contributed by atoms with Gasteiger partial charge in [0.25, 0.3) is 5.89 Å². The Kier molecular flexibility index (Phi) is 3.84. The largest absolute Gasteiger partial charge is 0.454 e. The third kappa shape index (κ3) is 2.93. The number of aromatic nitrogens is 2. The highest BCUT2D eigenvalue weighted by atomic mass is 19.1. The highest BCUT2D eigenvalue weighted by Gasteiger charge is 2.14. The molecule has 0 fully saturated rings. The molecule has 0 aliphatic carbocycles. The Bertz CT molecular complexity index is 866. The number of nitrogens with one attached hydrogen (secondary N) is 1. The second kappa shape index (κ2) is 6.29. The van der Waals surface area contributed by atoms with E-state index in [1.807, 2.05) is 18.2 Å². The first-order valence-electron chi connectivity index (χ1n) is 7.46. The van der Waals surface area contributed by atoms with Gasteiger partial charge in [0.2, 0.25) is 12.7 Å². The lowest BCUT2D eigenvalue weighted by Crippen LogP contribution is -2.12. The summed E-state index contributed by atoms with van der Waals surface area (Å²) >= 11 is 0. The van der Waals surface area contributed by atoms with Gasteiger partial charge in [-0.3, -0.25) is 0 Å². The number of rotatable bonds is 5. The summed E-state index contributed by atoms with van der Waals surface area (Å²) in [5.74, 6) is 1.68. The van der Waals surface area contributed by atoms with Crippen molar-refractivity contribution in [3.05, 3.63) is 59.7 Å². The van der Waals surface area contributed by atoms with Crippen LogP contribution in [-0.4, -0.2) is 17.0 Å². The molecule has 24 heavy (non-hydrogen) atoms. The zero-order chi connectivity index (χ0) is 16.4. The molecule has 0 saturated heterocycles. The molecule has 0 spiro atoms. The summed E-state index contributed by atoms with van der Waals surface area (Å²) in [5, 5.41) is 11.0. The standard InChI is InChI=1S/C17H14FN3O3/c18-13-4-2-1-3-12(13)17-21-20-16(24-17)9-19-8-11-5-6-14-15(7-11)23-10-22-14/h1-7,19H,8-10H2. The quantitative estimate of drug-likeness (QED) is 0.777.